The van der Waals surface area contributed by atoms with Crippen LogP contribution < -0.4 is 10.5 Å². The molecule has 0 bridgehead atoms. The minimum absolute atomic E-state index is 0.108. The summed E-state index contributed by atoms with van der Waals surface area (Å²) in [5, 5.41) is 14.9. The van der Waals surface area contributed by atoms with Crippen LogP contribution in [0, 0.1) is 0 Å². The van der Waals surface area contributed by atoms with Crippen LogP contribution in [0.5, 0.6) is 0 Å². The number of hydrazone groups is 1. The third-order valence-corrected chi connectivity index (χ3v) is 3.72. The number of hydrogen-bond acceptors (Lipinski definition) is 5. The molecule has 1 aromatic carbocycles. The number of rotatable bonds is 4. The third kappa shape index (κ3) is 3.56. The van der Waals surface area contributed by atoms with E-state index in [1.807, 2.05) is 13.0 Å². The predicted molar refractivity (Wildman–Crippen MR) is 75.9 cm³/mol. The van der Waals surface area contributed by atoms with E-state index in [1.165, 1.54) is 23.5 Å². The van der Waals surface area contributed by atoms with Crippen LogP contribution in [0.4, 0.5) is 5.69 Å². The van der Waals surface area contributed by atoms with Gasteiger partial charge in [0.15, 0.2) is 0 Å². The topological polar surface area (TPSA) is 64.5 Å². The van der Waals surface area contributed by atoms with Gasteiger partial charge in [-0.15, -0.1) is 11.3 Å². The number of carbonyl (C=O) groups is 1. The van der Waals surface area contributed by atoms with Crippen molar-refractivity contribution < 1.29 is 9.90 Å². The van der Waals surface area contributed by atoms with Crippen molar-refractivity contribution in [3.05, 3.63) is 51.2 Å². The summed E-state index contributed by atoms with van der Waals surface area (Å²) < 4.78 is 0.698. The molecule has 0 fully saturated rings. The summed E-state index contributed by atoms with van der Waals surface area (Å²) in [6, 6.07) is 9.97. The highest BCUT2D eigenvalue weighted by atomic mass is 35.5. The number of carboxylic acids is 1. The Morgan fingerprint density at radius 3 is 2.79 bits per heavy atom. The van der Waals surface area contributed by atoms with Crippen LogP contribution in [0.1, 0.15) is 22.2 Å². The first-order valence-electron chi connectivity index (χ1n) is 5.43. The lowest BCUT2D eigenvalue weighted by Gasteiger charge is -2.06. The van der Waals surface area contributed by atoms with Gasteiger partial charge in [-0.25, -0.2) is 0 Å². The SMILES string of the molecule is C/C(=N/Nc1cccc(C(=O)[O-])c1)c1ccc(Cl)s1. The number of hydrogen-bond donors (Lipinski definition) is 1. The Labute approximate surface area is 119 Å². The fourth-order valence-electron chi connectivity index (χ4n) is 1.43. The van der Waals surface area contributed by atoms with E-state index in [-0.39, 0.29) is 5.56 Å². The fraction of sp³-hybridized carbons (Fsp3) is 0.0769. The van der Waals surface area contributed by atoms with Crippen molar-refractivity contribution in [2.24, 2.45) is 5.10 Å². The number of thiophene rings is 1. The molecule has 0 atom stereocenters. The van der Waals surface area contributed by atoms with Gasteiger partial charge in [0.25, 0.3) is 0 Å². The third-order valence-electron chi connectivity index (χ3n) is 2.38. The predicted octanol–water partition coefficient (Wildman–Crippen LogP) is 2.60. The van der Waals surface area contributed by atoms with Gasteiger partial charge in [-0.1, -0.05) is 23.7 Å². The average molecular weight is 294 g/mol. The van der Waals surface area contributed by atoms with Crippen molar-refractivity contribution in [3.63, 3.8) is 0 Å². The molecule has 0 amide bonds. The van der Waals surface area contributed by atoms with E-state index in [4.69, 9.17) is 11.6 Å². The Bertz CT molecular complexity index is 637. The Kier molecular flexibility index (Phi) is 4.19. The maximum Gasteiger partial charge on any atom is 0.0935 e. The van der Waals surface area contributed by atoms with E-state index in [9.17, 15) is 9.90 Å². The van der Waals surface area contributed by atoms with Crippen LogP contribution in [-0.2, 0) is 0 Å². The minimum atomic E-state index is -1.21. The molecule has 1 heterocycles. The highest BCUT2D eigenvalue weighted by molar-refractivity contribution is 7.18. The molecule has 0 radical (unpaired) electrons. The molecule has 2 aromatic rings. The summed E-state index contributed by atoms with van der Waals surface area (Å²) >= 11 is 7.28. The van der Waals surface area contributed by atoms with Crippen LogP contribution in [-0.4, -0.2) is 11.7 Å². The lowest BCUT2D eigenvalue weighted by molar-refractivity contribution is -0.255. The maximum absolute atomic E-state index is 10.7. The lowest BCUT2D eigenvalue weighted by Crippen LogP contribution is -2.22. The molecule has 0 saturated heterocycles. The van der Waals surface area contributed by atoms with Crippen molar-refractivity contribution in [3.8, 4) is 0 Å². The number of anilines is 1. The second-order valence-corrected chi connectivity index (χ2v) is 5.50. The molecule has 0 spiro atoms. The summed E-state index contributed by atoms with van der Waals surface area (Å²) in [5.41, 5.74) is 4.28. The smallest absolute Gasteiger partial charge is 0.0935 e. The summed E-state index contributed by atoms with van der Waals surface area (Å²) in [6.45, 7) is 1.85. The maximum atomic E-state index is 10.7. The van der Waals surface area contributed by atoms with Crippen molar-refractivity contribution in [1.29, 1.82) is 0 Å². The molecule has 0 aliphatic carbocycles. The molecule has 0 saturated carbocycles. The van der Waals surface area contributed by atoms with Gasteiger partial charge in [0.1, 0.15) is 0 Å². The standard InChI is InChI=1S/C13H11ClN2O2S/c1-8(11-5-6-12(14)19-11)15-16-10-4-2-3-9(7-10)13(17)18/h2-7,16H,1H3,(H,17,18)/p-1/b15-8-. The zero-order chi connectivity index (χ0) is 13.8. The molecule has 19 heavy (non-hydrogen) atoms. The highest BCUT2D eigenvalue weighted by Gasteiger charge is 2.01. The molecule has 6 heteroatoms. The fourth-order valence-corrected chi connectivity index (χ4v) is 2.42. The van der Waals surface area contributed by atoms with E-state index < -0.39 is 5.97 Å². The van der Waals surface area contributed by atoms with Crippen LogP contribution >= 0.6 is 22.9 Å². The number of benzene rings is 1. The number of carboxylic acid groups (broad SMARTS) is 1. The van der Waals surface area contributed by atoms with Gasteiger partial charge in [0, 0.05) is 0 Å². The van der Waals surface area contributed by atoms with Crippen molar-refractivity contribution in [1.82, 2.24) is 0 Å². The lowest BCUT2D eigenvalue weighted by atomic mass is 10.2. The first kappa shape index (κ1) is 13.6. The Hall–Kier alpha value is -1.85. The van der Waals surface area contributed by atoms with E-state index in [0.29, 0.717) is 10.0 Å². The summed E-state index contributed by atoms with van der Waals surface area (Å²) in [5.74, 6) is -1.21. The van der Waals surface area contributed by atoms with Gasteiger partial charge in [0.2, 0.25) is 0 Å². The Balaban J connectivity index is 2.13. The molecule has 0 unspecified atom stereocenters. The van der Waals surface area contributed by atoms with Crippen LogP contribution in [0.2, 0.25) is 4.34 Å². The summed E-state index contributed by atoms with van der Waals surface area (Å²) in [7, 11) is 0. The van der Waals surface area contributed by atoms with Gasteiger partial charge in [-0.2, -0.15) is 5.10 Å². The molecular formula is C13H10ClN2O2S-. The van der Waals surface area contributed by atoms with E-state index in [0.717, 1.165) is 10.6 Å². The second-order valence-electron chi connectivity index (χ2n) is 3.78. The first-order chi connectivity index (χ1) is 9.06. The Morgan fingerprint density at radius 2 is 2.16 bits per heavy atom. The molecule has 1 aromatic heterocycles. The number of carbonyl (C=O) groups excluding carboxylic acids is 1. The number of halogens is 1. The second kappa shape index (κ2) is 5.86. The Morgan fingerprint density at radius 1 is 1.37 bits per heavy atom. The number of nitrogens with zero attached hydrogens (tertiary/aromatic N) is 1. The van der Waals surface area contributed by atoms with Gasteiger partial charge in [-0.3, -0.25) is 5.43 Å². The molecule has 98 valence electrons. The van der Waals surface area contributed by atoms with Crippen LogP contribution in [0.3, 0.4) is 0 Å². The van der Waals surface area contributed by atoms with E-state index in [2.05, 4.69) is 10.5 Å². The zero-order valence-corrected chi connectivity index (χ0v) is 11.6. The largest absolute Gasteiger partial charge is 0.545 e. The first-order valence-corrected chi connectivity index (χ1v) is 6.63. The quantitative estimate of drug-likeness (QED) is 0.696. The number of aromatic carboxylic acids is 1. The molecular weight excluding hydrogens is 284 g/mol. The van der Waals surface area contributed by atoms with Crippen LogP contribution in [0.25, 0.3) is 0 Å². The normalized spacial score (nSPS) is 11.4. The van der Waals surface area contributed by atoms with E-state index in [1.54, 1.807) is 18.2 Å². The van der Waals surface area contributed by atoms with Gasteiger partial charge in [-0.05, 0) is 36.8 Å². The van der Waals surface area contributed by atoms with Crippen molar-refractivity contribution >= 4 is 40.3 Å². The number of nitrogens with one attached hydrogen (secondary N) is 1. The zero-order valence-electron chi connectivity index (χ0n) is 10.0. The van der Waals surface area contributed by atoms with E-state index >= 15 is 0 Å². The van der Waals surface area contributed by atoms with Gasteiger partial charge < -0.3 is 9.90 Å². The van der Waals surface area contributed by atoms with Crippen LogP contribution in [0.15, 0.2) is 41.5 Å². The van der Waals surface area contributed by atoms with Crippen molar-refractivity contribution in [2.75, 3.05) is 5.43 Å². The summed E-state index contributed by atoms with van der Waals surface area (Å²) in [4.78, 5) is 11.7. The highest BCUT2D eigenvalue weighted by Crippen LogP contribution is 2.22. The molecule has 0 aliphatic rings. The molecule has 4 nitrogen and oxygen atoms in total. The average Bonchev–Trinajstić information content (AvgIpc) is 2.83. The molecule has 2 rings (SSSR count). The minimum Gasteiger partial charge on any atom is -0.545 e. The van der Waals surface area contributed by atoms with Gasteiger partial charge in [0.05, 0.1) is 26.6 Å². The monoisotopic (exact) mass is 293 g/mol. The molecule has 1 N–H and O–H groups in total. The summed E-state index contributed by atoms with van der Waals surface area (Å²) in [6.07, 6.45) is 0. The molecule has 0 aliphatic heterocycles. The van der Waals surface area contributed by atoms with Gasteiger partial charge >= 0.3 is 0 Å². The van der Waals surface area contributed by atoms with Crippen molar-refractivity contribution in [2.45, 2.75) is 6.92 Å².